The maximum Gasteiger partial charge on any atom is 0.291 e. The van der Waals surface area contributed by atoms with Gasteiger partial charge < -0.3 is 23.9 Å². The molecule has 0 bridgehead atoms. The molecule has 1 N–H and O–H groups in total. The normalized spacial score (nSPS) is 10.5. The van der Waals surface area contributed by atoms with Crippen LogP contribution >= 0.6 is 0 Å². The Morgan fingerprint density at radius 3 is 2.46 bits per heavy atom. The van der Waals surface area contributed by atoms with Gasteiger partial charge in [-0.25, -0.2) is 0 Å². The van der Waals surface area contributed by atoms with Crippen molar-refractivity contribution >= 4 is 22.6 Å². The minimum Gasteiger partial charge on any atom is -0.497 e. The van der Waals surface area contributed by atoms with Gasteiger partial charge in [-0.2, -0.15) is 0 Å². The number of hydrogen-bond donors (Lipinski definition) is 1. The van der Waals surface area contributed by atoms with Crippen LogP contribution in [0.25, 0.3) is 11.0 Å². The molecule has 0 saturated carbocycles. The average molecular weight is 327 g/mol. The van der Waals surface area contributed by atoms with E-state index in [1.807, 2.05) is 12.1 Å². The van der Waals surface area contributed by atoms with Crippen LogP contribution in [0.5, 0.6) is 17.2 Å². The molecule has 1 amide bonds. The molecule has 1 aromatic heterocycles. The second-order valence-corrected chi connectivity index (χ2v) is 5.01. The zero-order valence-electron chi connectivity index (χ0n) is 13.6. The van der Waals surface area contributed by atoms with Crippen LogP contribution in [0.3, 0.4) is 0 Å². The van der Waals surface area contributed by atoms with E-state index in [0.29, 0.717) is 28.5 Å². The molecule has 6 heteroatoms. The highest BCUT2D eigenvalue weighted by atomic mass is 16.5. The second kappa shape index (κ2) is 6.54. The van der Waals surface area contributed by atoms with Crippen molar-refractivity contribution in [3.63, 3.8) is 0 Å². The number of hydrogen-bond acceptors (Lipinski definition) is 5. The molecule has 24 heavy (non-hydrogen) atoms. The van der Waals surface area contributed by atoms with Crippen molar-refractivity contribution in [1.82, 2.24) is 0 Å². The maximum absolute atomic E-state index is 12.5. The largest absolute Gasteiger partial charge is 0.497 e. The molecule has 0 saturated heterocycles. The Morgan fingerprint density at radius 2 is 1.75 bits per heavy atom. The number of furan rings is 1. The summed E-state index contributed by atoms with van der Waals surface area (Å²) in [5, 5.41) is 3.56. The van der Waals surface area contributed by atoms with Crippen LogP contribution in [0.1, 0.15) is 10.6 Å². The highest BCUT2D eigenvalue weighted by Gasteiger charge is 2.17. The number of ether oxygens (including phenoxy) is 3. The van der Waals surface area contributed by atoms with E-state index in [4.69, 9.17) is 18.6 Å². The Labute approximate surface area is 138 Å². The number of benzene rings is 2. The van der Waals surface area contributed by atoms with Crippen LogP contribution < -0.4 is 19.5 Å². The number of rotatable bonds is 5. The summed E-state index contributed by atoms with van der Waals surface area (Å²) in [4.78, 5) is 12.5. The first-order chi connectivity index (χ1) is 11.7. The van der Waals surface area contributed by atoms with Crippen LogP contribution in [0.2, 0.25) is 0 Å². The highest BCUT2D eigenvalue weighted by molar-refractivity contribution is 6.05. The minimum absolute atomic E-state index is 0.180. The van der Waals surface area contributed by atoms with Crippen LogP contribution in [0, 0.1) is 0 Å². The molecule has 124 valence electrons. The molecule has 3 rings (SSSR count). The third kappa shape index (κ3) is 2.86. The smallest absolute Gasteiger partial charge is 0.291 e. The van der Waals surface area contributed by atoms with Crippen molar-refractivity contribution in [3.8, 4) is 17.2 Å². The lowest BCUT2D eigenvalue weighted by Crippen LogP contribution is -2.11. The number of carbonyl (C=O) groups is 1. The quantitative estimate of drug-likeness (QED) is 0.773. The fraction of sp³-hybridized carbons (Fsp3) is 0.167. The number of fused-ring (bicyclic) bond motifs is 1. The van der Waals surface area contributed by atoms with Crippen LogP contribution in [-0.4, -0.2) is 27.2 Å². The van der Waals surface area contributed by atoms with E-state index >= 15 is 0 Å². The first kappa shape index (κ1) is 15.7. The van der Waals surface area contributed by atoms with Gasteiger partial charge in [0, 0.05) is 11.5 Å². The monoisotopic (exact) mass is 327 g/mol. The van der Waals surface area contributed by atoms with Crippen LogP contribution in [-0.2, 0) is 0 Å². The maximum atomic E-state index is 12.5. The van der Waals surface area contributed by atoms with E-state index in [1.165, 1.54) is 7.11 Å². The van der Waals surface area contributed by atoms with Gasteiger partial charge in [-0.3, -0.25) is 4.79 Å². The molecule has 0 radical (unpaired) electrons. The summed E-state index contributed by atoms with van der Waals surface area (Å²) in [5.41, 5.74) is 1.03. The fourth-order valence-electron chi connectivity index (χ4n) is 2.40. The van der Waals surface area contributed by atoms with E-state index < -0.39 is 0 Å². The summed E-state index contributed by atoms with van der Waals surface area (Å²) in [6, 6.07) is 12.3. The van der Waals surface area contributed by atoms with Gasteiger partial charge in [0.15, 0.2) is 17.1 Å². The number of nitrogens with one attached hydrogen (secondary N) is 1. The number of para-hydroxylation sites is 1. The molecular weight excluding hydrogens is 310 g/mol. The summed E-state index contributed by atoms with van der Waals surface area (Å²) in [5.74, 6) is 1.50. The van der Waals surface area contributed by atoms with E-state index in [-0.39, 0.29) is 11.7 Å². The predicted molar refractivity (Wildman–Crippen MR) is 90.3 cm³/mol. The van der Waals surface area contributed by atoms with E-state index in [9.17, 15) is 4.79 Å². The predicted octanol–water partition coefficient (Wildman–Crippen LogP) is 3.71. The first-order valence-electron chi connectivity index (χ1n) is 7.26. The molecule has 0 atom stereocenters. The van der Waals surface area contributed by atoms with Gasteiger partial charge in [0.05, 0.1) is 27.0 Å². The van der Waals surface area contributed by atoms with Crippen molar-refractivity contribution in [1.29, 1.82) is 0 Å². The topological polar surface area (TPSA) is 69.9 Å². The van der Waals surface area contributed by atoms with Crippen LogP contribution in [0.15, 0.2) is 46.9 Å². The fourth-order valence-corrected chi connectivity index (χ4v) is 2.40. The minimum atomic E-state index is -0.389. The number of anilines is 1. The molecule has 6 nitrogen and oxygen atoms in total. The van der Waals surface area contributed by atoms with Gasteiger partial charge in [0.1, 0.15) is 11.5 Å². The summed E-state index contributed by atoms with van der Waals surface area (Å²) < 4.78 is 21.3. The lowest BCUT2D eigenvalue weighted by Gasteiger charge is -2.10. The molecule has 0 aliphatic carbocycles. The standard InChI is InChI=1S/C18H17NO5/c1-21-12-7-8-14(22-2)13(10-12)19-18(20)16-9-11-5-4-6-15(23-3)17(11)24-16/h4-10H,1-3H3,(H,19,20). The molecule has 0 spiro atoms. The number of carbonyl (C=O) groups excluding carboxylic acids is 1. The van der Waals surface area contributed by atoms with Gasteiger partial charge in [-0.05, 0) is 24.3 Å². The Morgan fingerprint density at radius 1 is 0.958 bits per heavy atom. The lowest BCUT2D eigenvalue weighted by molar-refractivity contribution is 0.0998. The van der Waals surface area contributed by atoms with Crippen molar-refractivity contribution in [2.75, 3.05) is 26.6 Å². The summed E-state index contributed by atoms with van der Waals surface area (Å²) in [7, 11) is 4.64. The molecular formula is C18H17NO5. The van der Waals surface area contributed by atoms with E-state index in [0.717, 1.165) is 5.39 Å². The second-order valence-electron chi connectivity index (χ2n) is 5.01. The zero-order valence-corrected chi connectivity index (χ0v) is 13.6. The van der Waals surface area contributed by atoms with Crippen molar-refractivity contribution in [2.45, 2.75) is 0 Å². The van der Waals surface area contributed by atoms with E-state index in [1.54, 1.807) is 44.6 Å². The lowest BCUT2D eigenvalue weighted by atomic mass is 10.2. The Hall–Kier alpha value is -3.15. The molecule has 1 heterocycles. The Kier molecular flexibility index (Phi) is 4.29. The van der Waals surface area contributed by atoms with Gasteiger partial charge in [0.25, 0.3) is 5.91 Å². The van der Waals surface area contributed by atoms with Gasteiger partial charge >= 0.3 is 0 Å². The SMILES string of the molecule is COc1ccc(OC)c(NC(=O)c2cc3cccc(OC)c3o2)c1. The van der Waals surface area contributed by atoms with Gasteiger partial charge in [0.2, 0.25) is 0 Å². The third-order valence-electron chi connectivity index (χ3n) is 3.61. The summed E-state index contributed by atoms with van der Waals surface area (Å²) >= 11 is 0. The summed E-state index contributed by atoms with van der Waals surface area (Å²) in [6.45, 7) is 0. The highest BCUT2D eigenvalue weighted by Crippen LogP contribution is 2.31. The third-order valence-corrected chi connectivity index (χ3v) is 3.61. The van der Waals surface area contributed by atoms with Gasteiger partial charge in [-0.1, -0.05) is 12.1 Å². The van der Waals surface area contributed by atoms with E-state index in [2.05, 4.69) is 5.32 Å². The average Bonchev–Trinajstić information content (AvgIpc) is 3.06. The number of amides is 1. The summed E-state index contributed by atoms with van der Waals surface area (Å²) in [6.07, 6.45) is 0. The van der Waals surface area contributed by atoms with Crippen LogP contribution in [0.4, 0.5) is 5.69 Å². The molecule has 2 aromatic carbocycles. The van der Waals surface area contributed by atoms with Crippen molar-refractivity contribution in [3.05, 3.63) is 48.2 Å². The Bertz CT molecular complexity index is 884. The number of methoxy groups -OCH3 is 3. The Balaban J connectivity index is 1.93. The van der Waals surface area contributed by atoms with Crippen molar-refractivity contribution < 1.29 is 23.4 Å². The van der Waals surface area contributed by atoms with Gasteiger partial charge in [-0.15, -0.1) is 0 Å². The zero-order chi connectivity index (χ0) is 17.1. The molecule has 0 fully saturated rings. The molecule has 0 aliphatic heterocycles. The first-order valence-corrected chi connectivity index (χ1v) is 7.26. The molecule has 3 aromatic rings. The molecule has 0 unspecified atom stereocenters. The molecule has 0 aliphatic rings. The van der Waals surface area contributed by atoms with Crippen molar-refractivity contribution in [2.24, 2.45) is 0 Å².